The highest BCUT2D eigenvalue weighted by Gasteiger charge is 2.43. The van der Waals surface area contributed by atoms with Gasteiger partial charge in [0.25, 0.3) is 11.8 Å². The Labute approximate surface area is 156 Å². The third kappa shape index (κ3) is 3.95. The lowest BCUT2D eigenvalue weighted by Gasteiger charge is -2.21. The van der Waals surface area contributed by atoms with E-state index < -0.39 is 16.9 Å². The molecule has 0 saturated heterocycles. The molecule has 27 heavy (non-hydrogen) atoms. The molecule has 1 N–H and O–H groups in total. The zero-order chi connectivity index (χ0) is 19.2. The van der Waals surface area contributed by atoms with E-state index in [1.54, 1.807) is 91.0 Å². The van der Waals surface area contributed by atoms with Gasteiger partial charge in [0.05, 0.1) is 0 Å². The first-order valence-corrected chi connectivity index (χ1v) is 8.41. The van der Waals surface area contributed by atoms with Crippen molar-refractivity contribution >= 4 is 5.71 Å². The van der Waals surface area contributed by atoms with E-state index >= 15 is 0 Å². The van der Waals surface area contributed by atoms with Crippen LogP contribution in [0.25, 0.3) is 0 Å². The van der Waals surface area contributed by atoms with Crippen LogP contribution in [-0.2, 0) is 0 Å². The van der Waals surface area contributed by atoms with Crippen LogP contribution in [0.5, 0.6) is 0 Å². The summed E-state index contributed by atoms with van der Waals surface area (Å²) in [4.78, 5) is 11.4. The van der Waals surface area contributed by atoms with E-state index in [0.29, 0.717) is 16.7 Å². The molecule has 3 aromatic rings. The second-order valence-electron chi connectivity index (χ2n) is 6.05. The summed E-state index contributed by atoms with van der Waals surface area (Å²) < 4.78 is 0. The van der Waals surface area contributed by atoms with E-state index in [0.717, 1.165) is 0 Å². The summed E-state index contributed by atoms with van der Waals surface area (Å²) in [6.45, 7) is 0. The average molecular weight is 362 g/mol. The van der Waals surface area contributed by atoms with Crippen LogP contribution >= 0.6 is 0 Å². The Balaban J connectivity index is 2.25. The molecule has 0 amide bonds. The normalized spacial score (nSPS) is 14.1. The number of hydrogen-bond acceptors (Lipinski definition) is 4. The summed E-state index contributed by atoms with van der Waals surface area (Å²) in [7, 11) is 0. The lowest BCUT2D eigenvalue weighted by atomic mass is 9.81. The van der Waals surface area contributed by atoms with E-state index in [4.69, 9.17) is 0 Å². The van der Waals surface area contributed by atoms with Crippen molar-refractivity contribution in [3.05, 3.63) is 123 Å². The van der Waals surface area contributed by atoms with Gasteiger partial charge in [-0.05, 0) is 17.7 Å². The summed E-state index contributed by atoms with van der Waals surface area (Å²) in [5, 5.41) is 34.1. The van der Waals surface area contributed by atoms with Gasteiger partial charge in [0.15, 0.2) is 0 Å². The first kappa shape index (κ1) is 18.1. The Hall–Kier alpha value is -3.67. The fourth-order valence-electron chi connectivity index (χ4n) is 3.25. The van der Waals surface area contributed by atoms with E-state index in [2.05, 4.69) is 0 Å². The maximum atomic E-state index is 12.1. The molecule has 0 radical (unpaired) electrons. The maximum absolute atomic E-state index is 12.1. The van der Waals surface area contributed by atoms with Crippen molar-refractivity contribution in [2.45, 2.75) is 12.0 Å². The van der Waals surface area contributed by atoms with Gasteiger partial charge in [0.2, 0.25) is 0 Å². The molecule has 0 aliphatic rings. The molecule has 0 saturated carbocycles. The Kier molecular flexibility index (Phi) is 5.47. The van der Waals surface area contributed by atoms with Crippen LogP contribution in [-0.4, -0.2) is 20.7 Å². The van der Waals surface area contributed by atoms with Gasteiger partial charge in [-0.15, -0.1) is 0 Å². The van der Waals surface area contributed by atoms with Gasteiger partial charge in [0, 0.05) is 21.0 Å². The zero-order valence-corrected chi connectivity index (χ0v) is 14.4. The summed E-state index contributed by atoms with van der Waals surface area (Å²) >= 11 is 0. The smallest absolute Gasteiger partial charge is 0.266 e. The molecule has 0 heterocycles. The second-order valence-corrected chi connectivity index (χ2v) is 6.05. The summed E-state index contributed by atoms with van der Waals surface area (Å²) in [6, 6.07) is 24.5. The van der Waals surface area contributed by atoms with Crippen LogP contribution in [0.3, 0.4) is 0 Å². The van der Waals surface area contributed by atoms with Gasteiger partial charge in [0.1, 0.15) is 5.92 Å². The van der Waals surface area contributed by atoms with Crippen LogP contribution < -0.4 is 0 Å². The van der Waals surface area contributed by atoms with Crippen molar-refractivity contribution in [1.82, 2.24) is 0 Å². The molecule has 0 aliphatic carbocycles. The third-order valence-corrected chi connectivity index (χ3v) is 4.41. The minimum absolute atomic E-state index is 0.0765. The standard InChI is InChI=1S/C21H18N2O4/c24-22(25)20(17-12-6-2-7-13-17)19(16-10-4-1-5-11-16)21(23(26)27)18-14-8-3-9-15-18/h1-15,19-20H,(H,26,27). The highest BCUT2D eigenvalue weighted by Crippen LogP contribution is 2.36. The van der Waals surface area contributed by atoms with Crippen LogP contribution in [0.15, 0.2) is 91.0 Å². The van der Waals surface area contributed by atoms with Gasteiger partial charge in [-0.2, -0.15) is 0 Å². The van der Waals surface area contributed by atoms with Crippen LogP contribution in [0.4, 0.5) is 0 Å². The lowest BCUT2D eigenvalue weighted by molar-refractivity contribution is -0.727. The highest BCUT2D eigenvalue weighted by molar-refractivity contribution is 6.02. The van der Waals surface area contributed by atoms with E-state index in [1.807, 2.05) is 0 Å². The molecular weight excluding hydrogens is 344 g/mol. The quantitative estimate of drug-likeness (QED) is 0.234. The number of nitro groups is 1. The average Bonchev–Trinajstić information content (AvgIpc) is 2.69. The summed E-state index contributed by atoms with van der Waals surface area (Å²) in [5.74, 6) is -0.978. The molecule has 3 rings (SSSR count). The molecule has 6 heteroatoms. The molecule has 6 nitrogen and oxygen atoms in total. The minimum Gasteiger partial charge on any atom is -0.417 e. The van der Waals surface area contributed by atoms with Crippen LogP contribution in [0.2, 0.25) is 0 Å². The summed E-state index contributed by atoms with van der Waals surface area (Å²) in [6.07, 6.45) is 0. The van der Waals surface area contributed by atoms with Crippen molar-refractivity contribution in [2.75, 3.05) is 0 Å². The lowest BCUT2D eigenvalue weighted by Crippen LogP contribution is -2.31. The first-order chi connectivity index (χ1) is 13.1. The Morgan fingerprint density at radius 1 is 0.741 bits per heavy atom. The molecule has 0 bridgehead atoms. The van der Waals surface area contributed by atoms with Crippen molar-refractivity contribution in [3.8, 4) is 0 Å². The zero-order valence-electron chi connectivity index (χ0n) is 14.4. The SMILES string of the molecule is O=[N+]([O-])C(c1ccccc1)C(C(c1ccccc1)=[N+]([O-])O)c1ccccc1. The second kappa shape index (κ2) is 8.14. The minimum atomic E-state index is -1.24. The number of benzene rings is 3. The number of hydrogen-bond donors (Lipinski definition) is 1. The van der Waals surface area contributed by atoms with E-state index in [-0.39, 0.29) is 10.6 Å². The molecular formula is C21H18N2O4. The molecule has 3 aromatic carbocycles. The highest BCUT2D eigenvalue weighted by atomic mass is 16.8. The third-order valence-electron chi connectivity index (χ3n) is 4.41. The monoisotopic (exact) mass is 362 g/mol. The largest absolute Gasteiger partial charge is 0.417 e. The van der Waals surface area contributed by atoms with E-state index in [1.165, 1.54) is 0 Å². The van der Waals surface area contributed by atoms with Gasteiger partial charge in [-0.3, -0.25) is 15.3 Å². The topological polar surface area (TPSA) is 89.4 Å². The maximum Gasteiger partial charge on any atom is 0.266 e. The molecule has 0 fully saturated rings. The fraction of sp³-hybridized carbons (Fsp3) is 0.0952. The van der Waals surface area contributed by atoms with Gasteiger partial charge >= 0.3 is 0 Å². The van der Waals surface area contributed by atoms with Gasteiger partial charge < -0.3 is 5.21 Å². The predicted octanol–water partition coefficient (Wildman–Crippen LogP) is 4.18. The van der Waals surface area contributed by atoms with Crippen molar-refractivity contribution in [1.29, 1.82) is 0 Å². The van der Waals surface area contributed by atoms with Crippen molar-refractivity contribution < 1.29 is 15.0 Å². The molecule has 0 spiro atoms. The molecule has 2 unspecified atom stereocenters. The summed E-state index contributed by atoms with van der Waals surface area (Å²) in [5.41, 5.74) is 1.36. The Morgan fingerprint density at radius 3 is 1.63 bits per heavy atom. The van der Waals surface area contributed by atoms with Crippen molar-refractivity contribution in [3.63, 3.8) is 0 Å². The molecule has 136 valence electrons. The number of rotatable bonds is 6. The molecule has 2 atom stereocenters. The molecule has 0 aliphatic heterocycles. The fourth-order valence-corrected chi connectivity index (χ4v) is 3.25. The van der Waals surface area contributed by atoms with Crippen LogP contribution in [0.1, 0.15) is 28.7 Å². The first-order valence-electron chi connectivity index (χ1n) is 8.41. The predicted molar refractivity (Wildman–Crippen MR) is 101 cm³/mol. The Morgan fingerprint density at radius 2 is 1.19 bits per heavy atom. The Bertz CT molecular complexity index is 924. The molecule has 0 aromatic heterocycles. The van der Waals surface area contributed by atoms with Crippen molar-refractivity contribution in [2.24, 2.45) is 0 Å². The van der Waals surface area contributed by atoms with E-state index in [9.17, 15) is 20.5 Å². The van der Waals surface area contributed by atoms with Gasteiger partial charge in [-0.1, -0.05) is 78.9 Å². The van der Waals surface area contributed by atoms with Gasteiger partial charge in [-0.25, -0.2) is 0 Å². The number of nitrogens with zero attached hydrogens (tertiary/aromatic N) is 2. The van der Waals surface area contributed by atoms with Crippen LogP contribution in [0, 0.1) is 15.3 Å².